The highest BCUT2D eigenvalue weighted by Gasteiger charge is 2.44. The van der Waals surface area contributed by atoms with Gasteiger partial charge in [0.25, 0.3) is 13.4 Å². The molecule has 6 aliphatic rings. The summed E-state index contributed by atoms with van der Waals surface area (Å²) < 4.78 is 38.9. The molecule has 8 heterocycles. The molecule has 0 atom stereocenters. The topological polar surface area (TPSA) is 69.0 Å². The Morgan fingerprint density at radius 2 is 0.553 bits per heavy atom. The van der Waals surface area contributed by atoms with Gasteiger partial charge in [-0.15, -0.1) is 0 Å². The van der Waals surface area contributed by atoms with Crippen LogP contribution in [0.2, 0.25) is 0 Å². The molecule has 24 aromatic rings. The summed E-state index contributed by atoms with van der Waals surface area (Å²) >= 11 is 0. The number of ether oxygens (including phenoxy) is 4. The van der Waals surface area contributed by atoms with E-state index in [2.05, 4.69) is 437 Å². The summed E-state index contributed by atoms with van der Waals surface area (Å²) in [6.45, 7) is -0.404. The number of imidazole rings is 2. The molecule has 0 N–H and O–H groups in total. The van der Waals surface area contributed by atoms with Crippen LogP contribution in [-0.2, 0) is 0 Å². The van der Waals surface area contributed by atoms with Gasteiger partial charge in [0.1, 0.15) is 46.0 Å². The second-order valence-electron chi connectivity index (χ2n) is 35.7. The average molecular weight is 1680 g/mol. The Balaban J connectivity index is 0.536. The van der Waals surface area contributed by atoms with Gasteiger partial charge in [-0.05, 0) is 278 Å². The third-order valence-electron chi connectivity index (χ3n) is 29.0. The lowest BCUT2D eigenvalue weighted by Gasteiger charge is -2.34. The summed E-state index contributed by atoms with van der Waals surface area (Å²) in [5.41, 5.74) is 42.8. The number of benzene rings is 20. The number of hydrogen-bond acceptors (Lipinski definition) is 5. The van der Waals surface area contributed by atoms with E-state index in [-0.39, 0.29) is 13.4 Å². The molecular formula is C121H69B2N5O4. The molecule has 11 heteroatoms. The molecule has 0 radical (unpaired) electrons. The first-order valence-corrected chi connectivity index (χ1v) is 45.3. The van der Waals surface area contributed by atoms with E-state index in [1.54, 1.807) is 0 Å². The fourth-order valence-electron chi connectivity index (χ4n) is 23.3. The van der Waals surface area contributed by atoms with E-state index in [1.165, 1.54) is 71.5 Å². The fraction of sp³-hybridized carbons (Fsp3) is 0. The van der Waals surface area contributed by atoms with Crippen LogP contribution in [-0.4, -0.2) is 36.5 Å². The molecule has 0 saturated heterocycles. The van der Waals surface area contributed by atoms with Gasteiger partial charge >= 0.3 is 0 Å². The first-order valence-electron chi connectivity index (χ1n) is 45.3. The Hall–Kier alpha value is -17.4. The molecule has 0 bridgehead atoms. The molecule has 30 rings (SSSR count). The van der Waals surface area contributed by atoms with Gasteiger partial charge in [0, 0.05) is 49.4 Å². The van der Waals surface area contributed by atoms with Crippen molar-refractivity contribution in [3.63, 3.8) is 0 Å². The molecule has 0 unspecified atom stereocenters. The van der Waals surface area contributed by atoms with Gasteiger partial charge in [0.05, 0.1) is 49.8 Å². The molecule has 4 aliphatic heterocycles. The van der Waals surface area contributed by atoms with Crippen molar-refractivity contribution in [2.75, 3.05) is 0 Å². The number of para-hydroxylation sites is 9. The predicted molar refractivity (Wildman–Crippen MR) is 540 cm³/mol. The van der Waals surface area contributed by atoms with Crippen molar-refractivity contribution in [2.24, 2.45) is 0 Å². The van der Waals surface area contributed by atoms with Crippen molar-refractivity contribution in [3.8, 4) is 185 Å². The second-order valence-corrected chi connectivity index (χ2v) is 35.7. The Bertz CT molecular complexity index is 9230. The SMILES string of the molecule is c1ccc2c(c1)Oc1cc(-c3ccc4c(c3)-c3ccccc3-c3ccccc3-c3cc(-n5c6ccccc6c6cc(-n7c8ccccc8c8ccccc87)ccc65)ccc3-4)cc3c1B2c1ccc(-c2ccc4c(c2)B2c5ccccc5Oc5cc(-c6cc7c(cc6-n6c8ccccc8n8c9ccccc9nc68)-c6ccccc6-c6ccccc6-c6ccccc6-7)cc(c52)O4)cc1O3. The number of nitrogens with zero attached hydrogens (tertiary/aromatic N) is 5. The first-order chi connectivity index (χ1) is 65.4. The summed E-state index contributed by atoms with van der Waals surface area (Å²) in [6.07, 6.45) is 0. The van der Waals surface area contributed by atoms with Crippen LogP contribution < -0.4 is 51.7 Å². The molecular weight excluding hydrogens is 1610 g/mol. The minimum Gasteiger partial charge on any atom is -0.458 e. The average Bonchev–Trinajstić information content (AvgIpc) is 1.63. The van der Waals surface area contributed by atoms with Gasteiger partial charge < -0.3 is 28.1 Å². The number of aromatic nitrogens is 5. The number of hydrogen-bond donors (Lipinski definition) is 0. The minimum absolute atomic E-state index is 0.163. The van der Waals surface area contributed by atoms with Crippen LogP contribution in [0.5, 0.6) is 46.0 Å². The van der Waals surface area contributed by atoms with Gasteiger partial charge in [0.15, 0.2) is 0 Å². The summed E-state index contributed by atoms with van der Waals surface area (Å²) in [7, 11) is 0. The maximum Gasteiger partial charge on any atom is 0.260 e. The molecule has 0 amide bonds. The maximum absolute atomic E-state index is 7.47. The summed E-state index contributed by atoms with van der Waals surface area (Å²) in [5, 5.41) is 4.89. The third-order valence-corrected chi connectivity index (χ3v) is 29.0. The molecule has 0 spiro atoms. The zero-order valence-corrected chi connectivity index (χ0v) is 70.9. The monoisotopic (exact) mass is 1680 g/mol. The zero-order chi connectivity index (χ0) is 85.8. The summed E-state index contributed by atoms with van der Waals surface area (Å²) in [5.74, 6) is 7.05. The molecule has 0 saturated carbocycles. The normalized spacial score (nSPS) is 12.9. The molecule has 2 aliphatic carbocycles. The summed E-state index contributed by atoms with van der Waals surface area (Å²) in [6, 6.07) is 154. The van der Waals surface area contributed by atoms with Gasteiger partial charge in [-0.1, -0.05) is 279 Å². The predicted octanol–water partition coefficient (Wildman–Crippen LogP) is 27.0. The highest BCUT2D eigenvalue weighted by atomic mass is 16.5. The Morgan fingerprint density at radius 1 is 0.189 bits per heavy atom. The van der Waals surface area contributed by atoms with Gasteiger partial charge in [0.2, 0.25) is 5.78 Å². The van der Waals surface area contributed by atoms with E-state index in [0.717, 1.165) is 218 Å². The van der Waals surface area contributed by atoms with Gasteiger partial charge in [-0.3, -0.25) is 8.97 Å². The van der Waals surface area contributed by atoms with Gasteiger partial charge in [-0.2, -0.15) is 0 Å². The fourth-order valence-corrected chi connectivity index (χ4v) is 23.3. The van der Waals surface area contributed by atoms with Crippen LogP contribution in [0.15, 0.2) is 419 Å². The van der Waals surface area contributed by atoms with E-state index in [4.69, 9.17) is 23.9 Å². The van der Waals surface area contributed by atoms with Crippen molar-refractivity contribution >= 4 is 118 Å². The van der Waals surface area contributed by atoms with E-state index in [9.17, 15) is 0 Å². The van der Waals surface area contributed by atoms with Crippen molar-refractivity contribution in [1.82, 2.24) is 23.1 Å². The largest absolute Gasteiger partial charge is 0.458 e. The molecule has 132 heavy (non-hydrogen) atoms. The van der Waals surface area contributed by atoms with Crippen LogP contribution in [0.3, 0.4) is 0 Å². The van der Waals surface area contributed by atoms with Crippen LogP contribution in [0.4, 0.5) is 0 Å². The van der Waals surface area contributed by atoms with E-state index >= 15 is 0 Å². The Morgan fingerprint density at radius 3 is 1.13 bits per heavy atom. The zero-order valence-electron chi connectivity index (χ0n) is 70.9. The molecule has 20 aromatic carbocycles. The van der Waals surface area contributed by atoms with E-state index in [0.29, 0.717) is 0 Å². The third kappa shape index (κ3) is 10.2. The van der Waals surface area contributed by atoms with Crippen LogP contribution in [0, 0.1) is 0 Å². The Labute approximate surface area is 758 Å². The van der Waals surface area contributed by atoms with Gasteiger partial charge in [-0.25, -0.2) is 4.98 Å². The lowest BCUT2D eigenvalue weighted by Crippen LogP contribution is -2.57. The smallest absolute Gasteiger partial charge is 0.260 e. The van der Waals surface area contributed by atoms with Crippen molar-refractivity contribution in [1.29, 1.82) is 0 Å². The Kier molecular flexibility index (Phi) is 14.7. The molecule has 0 fully saturated rings. The van der Waals surface area contributed by atoms with Crippen LogP contribution in [0.25, 0.3) is 211 Å². The first kappa shape index (κ1) is 71.7. The van der Waals surface area contributed by atoms with E-state index in [1.807, 2.05) is 0 Å². The maximum atomic E-state index is 7.47. The van der Waals surface area contributed by atoms with Crippen molar-refractivity contribution in [2.45, 2.75) is 0 Å². The van der Waals surface area contributed by atoms with Crippen LogP contribution in [0.1, 0.15) is 0 Å². The van der Waals surface area contributed by atoms with E-state index < -0.39 is 0 Å². The number of rotatable bonds is 6. The highest BCUT2D eigenvalue weighted by molar-refractivity contribution is 6.99. The standard InChI is InChI=1S/C121H69B2N5O4/c1-2-26-78-77(25-1)79-27-5-9-33-85(79)95-68-92(110(69-96(95)86-34-10-6-28-80(78)86)128-109-46-22-21-45-108(109)127-107-44-20-16-40-102(107)124-121(127)128)74-64-117-120-118(65-74)131-113-58-51-71(60-101(113)123(120)99-39-15-24-48-112(99)130-117)72-50-56-100-114(61-72)132-116-63-73(62-115-119(116)122(100)98-38-14-23-47-111(98)129-115)70-49-54-87-88-55-52-75(66-94(88)84-32-8-4-30-82(84)81-29-3-7-31-83(81)93(87)59-70)126-105-43-19-13-37-91(105)97-67-76(53-57-106(97)126)125-103-41-17-11-35-89(103)90-36-12-18-42-104(90)125/h1-69H. The number of fused-ring (bicyclic) bond motifs is 35. The second kappa shape index (κ2) is 27.1. The molecule has 9 nitrogen and oxygen atoms in total. The van der Waals surface area contributed by atoms with Crippen LogP contribution >= 0.6 is 0 Å². The molecule has 4 aromatic heterocycles. The van der Waals surface area contributed by atoms with Crippen molar-refractivity contribution in [3.05, 3.63) is 419 Å². The highest BCUT2D eigenvalue weighted by Crippen LogP contribution is 2.55. The van der Waals surface area contributed by atoms with Crippen molar-refractivity contribution < 1.29 is 18.9 Å². The minimum atomic E-state index is -0.241. The molecule has 608 valence electrons. The lowest BCUT2D eigenvalue weighted by molar-refractivity contribution is 0.464. The quantitative estimate of drug-likeness (QED) is 0.155. The lowest BCUT2D eigenvalue weighted by atomic mass is 9.34. The summed E-state index contributed by atoms with van der Waals surface area (Å²) in [4.78, 5) is 5.51.